The average Bonchev–Trinajstić information content (AvgIpc) is 3.22. The summed E-state index contributed by atoms with van der Waals surface area (Å²) >= 11 is 0.967. The molecule has 0 saturated heterocycles. The maximum absolute atomic E-state index is 13.4. The fourth-order valence-electron chi connectivity index (χ4n) is 4.42. The molecule has 1 unspecified atom stereocenters. The number of allylic oxidation sites excluding steroid dienone is 3. The van der Waals surface area contributed by atoms with E-state index in [1.807, 2.05) is 26.0 Å². The minimum absolute atomic E-state index is 0.0424. The molecule has 4 rings (SSSR count). The Morgan fingerprint density at radius 1 is 1.25 bits per heavy atom. The molecule has 164 valence electrons. The number of nitrogens with two attached hydrogens (primary N) is 1. The van der Waals surface area contributed by atoms with Gasteiger partial charge in [0.1, 0.15) is 11.6 Å². The number of ketones is 1. The number of nitriles is 1. The summed E-state index contributed by atoms with van der Waals surface area (Å²) in [6.45, 7) is 4.04. The van der Waals surface area contributed by atoms with Gasteiger partial charge in [-0.25, -0.2) is 0 Å². The van der Waals surface area contributed by atoms with Gasteiger partial charge in [-0.05, 0) is 42.2 Å². The first-order chi connectivity index (χ1) is 15.2. The molecule has 0 amide bonds. The molecule has 1 aromatic carbocycles. The predicted molar refractivity (Wildman–Crippen MR) is 121 cm³/mol. The number of nitrogens with zero attached hydrogens (tertiary/aromatic N) is 3. The zero-order chi connectivity index (χ0) is 23.2. The van der Waals surface area contributed by atoms with Crippen LogP contribution in [-0.2, 0) is 4.79 Å². The molecular weight excluding hydrogens is 428 g/mol. The summed E-state index contributed by atoms with van der Waals surface area (Å²) < 4.78 is 5.25. The first kappa shape index (κ1) is 21.6. The van der Waals surface area contributed by atoms with E-state index in [0.717, 1.165) is 17.0 Å². The van der Waals surface area contributed by atoms with Gasteiger partial charge in [0.25, 0.3) is 0 Å². The summed E-state index contributed by atoms with van der Waals surface area (Å²) in [7, 11) is 1.58. The standard InChI is InChI=1S/C23H22N4O4S/c1-23(2)10-16-21(17(28)11-23)20(18-8-9-19(32-18)27(29)30)15(12-24)22(25)26(16)13-4-6-14(31-3)7-5-13/h4-9,20H,10-11,25H2,1-3H3. The third-order valence-electron chi connectivity index (χ3n) is 5.79. The number of nitro groups is 1. The van der Waals surface area contributed by atoms with Crippen LogP contribution >= 0.6 is 11.3 Å². The van der Waals surface area contributed by atoms with E-state index in [0.29, 0.717) is 34.7 Å². The van der Waals surface area contributed by atoms with Crippen LogP contribution in [-0.4, -0.2) is 17.8 Å². The number of thiophene rings is 1. The van der Waals surface area contributed by atoms with E-state index < -0.39 is 10.8 Å². The van der Waals surface area contributed by atoms with E-state index >= 15 is 0 Å². The van der Waals surface area contributed by atoms with Crippen molar-refractivity contribution in [3.8, 4) is 11.8 Å². The Bertz CT molecular complexity index is 1220. The number of carbonyl (C=O) groups excluding carboxylic acids is 1. The van der Waals surface area contributed by atoms with Crippen molar-refractivity contribution in [2.45, 2.75) is 32.6 Å². The van der Waals surface area contributed by atoms with Gasteiger partial charge in [-0.1, -0.05) is 25.2 Å². The monoisotopic (exact) mass is 450 g/mol. The number of hydrogen-bond donors (Lipinski definition) is 1. The largest absolute Gasteiger partial charge is 0.497 e. The van der Waals surface area contributed by atoms with Gasteiger partial charge >= 0.3 is 5.00 Å². The Labute approximate surface area is 189 Å². The van der Waals surface area contributed by atoms with E-state index in [4.69, 9.17) is 10.5 Å². The van der Waals surface area contributed by atoms with Gasteiger partial charge in [0.05, 0.1) is 29.6 Å². The number of carbonyl (C=O) groups is 1. The minimum atomic E-state index is -0.716. The fraction of sp³-hybridized carbons (Fsp3) is 0.304. The molecule has 1 aliphatic heterocycles. The summed E-state index contributed by atoms with van der Waals surface area (Å²) in [4.78, 5) is 26.5. The second-order valence-corrected chi connectivity index (χ2v) is 9.71. The van der Waals surface area contributed by atoms with Gasteiger partial charge in [0.2, 0.25) is 0 Å². The van der Waals surface area contributed by atoms with E-state index in [2.05, 4.69) is 6.07 Å². The number of ether oxygens (including phenoxy) is 1. The second-order valence-electron chi connectivity index (χ2n) is 8.61. The molecule has 2 aliphatic rings. The molecule has 0 fully saturated rings. The molecule has 0 saturated carbocycles. The molecule has 1 aliphatic carbocycles. The van der Waals surface area contributed by atoms with Crippen molar-refractivity contribution in [3.63, 3.8) is 0 Å². The maximum atomic E-state index is 13.4. The van der Waals surface area contributed by atoms with Gasteiger partial charge in [0, 0.05) is 34.3 Å². The molecule has 1 aromatic heterocycles. The lowest BCUT2D eigenvalue weighted by Crippen LogP contribution is -2.42. The highest BCUT2D eigenvalue weighted by atomic mass is 32.1. The molecule has 0 bridgehead atoms. The molecule has 0 radical (unpaired) electrons. The number of Topliss-reactive ketones (excluding diaryl/α,β-unsaturated/α-hetero) is 1. The molecule has 32 heavy (non-hydrogen) atoms. The lowest BCUT2D eigenvalue weighted by molar-refractivity contribution is -0.380. The zero-order valence-corrected chi connectivity index (χ0v) is 18.7. The Kier molecular flexibility index (Phi) is 5.26. The first-order valence-electron chi connectivity index (χ1n) is 10.0. The highest BCUT2D eigenvalue weighted by Crippen LogP contribution is 2.51. The number of benzene rings is 1. The Morgan fingerprint density at radius 2 is 1.94 bits per heavy atom. The summed E-state index contributed by atoms with van der Waals surface area (Å²) in [5.41, 5.74) is 8.40. The van der Waals surface area contributed by atoms with Crippen molar-refractivity contribution in [1.29, 1.82) is 5.26 Å². The van der Waals surface area contributed by atoms with E-state index in [1.165, 1.54) is 6.07 Å². The molecule has 0 spiro atoms. The number of hydrogen-bond acceptors (Lipinski definition) is 8. The molecule has 2 heterocycles. The SMILES string of the molecule is COc1ccc(N2C(N)=C(C#N)C(c3ccc([N+](=O)[O-])s3)C3=C2CC(C)(C)CC3=O)cc1. The minimum Gasteiger partial charge on any atom is -0.497 e. The topological polar surface area (TPSA) is 122 Å². The smallest absolute Gasteiger partial charge is 0.324 e. The van der Waals surface area contributed by atoms with Crippen molar-refractivity contribution in [3.05, 3.63) is 74.1 Å². The highest BCUT2D eigenvalue weighted by molar-refractivity contribution is 7.15. The van der Waals surface area contributed by atoms with Crippen molar-refractivity contribution >= 4 is 27.8 Å². The third kappa shape index (κ3) is 3.52. The molecule has 1 atom stereocenters. The summed E-state index contributed by atoms with van der Waals surface area (Å²) in [6, 6.07) is 12.4. The normalized spacial score (nSPS) is 20.1. The van der Waals surface area contributed by atoms with Crippen LogP contribution in [0.25, 0.3) is 0 Å². The molecule has 2 aromatic rings. The van der Waals surface area contributed by atoms with Crippen LogP contribution in [0.5, 0.6) is 5.75 Å². The van der Waals surface area contributed by atoms with Crippen LogP contribution in [0.4, 0.5) is 10.7 Å². The van der Waals surface area contributed by atoms with Crippen LogP contribution in [0.3, 0.4) is 0 Å². The first-order valence-corrected chi connectivity index (χ1v) is 10.8. The van der Waals surface area contributed by atoms with Crippen molar-refractivity contribution in [1.82, 2.24) is 0 Å². The van der Waals surface area contributed by atoms with Crippen LogP contribution < -0.4 is 15.4 Å². The number of anilines is 1. The van der Waals surface area contributed by atoms with Gasteiger partial charge in [-0.15, -0.1) is 0 Å². The lowest BCUT2D eigenvalue weighted by atomic mass is 9.69. The van der Waals surface area contributed by atoms with Crippen LogP contribution in [0.15, 0.2) is 59.1 Å². The van der Waals surface area contributed by atoms with Gasteiger partial charge in [-0.3, -0.25) is 19.8 Å². The summed E-state index contributed by atoms with van der Waals surface area (Å²) in [6.07, 6.45) is 0.897. The van der Waals surface area contributed by atoms with Crippen LogP contribution in [0, 0.1) is 26.9 Å². The van der Waals surface area contributed by atoms with Gasteiger partial charge in [-0.2, -0.15) is 5.26 Å². The van der Waals surface area contributed by atoms with Crippen LogP contribution in [0.2, 0.25) is 0 Å². The summed E-state index contributed by atoms with van der Waals surface area (Å²) in [5, 5.41) is 21.2. The molecule has 8 nitrogen and oxygen atoms in total. The average molecular weight is 451 g/mol. The number of rotatable bonds is 4. The molecule has 2 N–H and O–H groups in total. The Balaban J connectivity index is 1.95. The number of methoxy groups -OCH3 is 1. The van der Waals surface area contributed by atoms with E-state index in [9.17, 15) is 20.2 Å². The van der Waals surface area contributed by atoms with Crippen LogP contribution in [0.1, 0.15) is 37.5 Å². The van der Waals surface area contributed by atoms with E-state index in [1.54, 1.807) is 30.2 Å². The van der Waals surface area contributed by atoms with Crippen molar-refractivity contribution < 1.29 is 14.5 Å². The zero-order valence-electron chi connectivity index (χ0n) is 17.9. The third-order valence-corrected chi connectivity index (χ3v) is 6.89. The maximum Gasteiger partial charge on any atom is 0.324 e. The quantitative estimate of drug-likeness (QED) is 0.533. The van der Waals surface area contributed by atoms with Gasteiger partial charge < -0.3 is 10.5 Å². The Morgan fingerprint density at radius 3 is 2.50 bits per heavy atom. The molecular formula is C23H22N4O4S. The molecule has 9 heteroatoms. The predicted octanol–water partition coefficient (Wildman–Crippen LogP) is 4.61. The Hall–Kier alpha value is -3.64. The van der Waals surface area contributed by atoms with Crippen molar-refractivity contribution in [2.24, 2.45) is 11.1 Å². The second kappa shape index (κ2) is 7.80. The van der Waals surface area contributed by atoms with Crippen molar-refractivity contribution in [2.75, 3.05) is 12.0 Å². The van der Waals surface area contributed by atoms with E-state index in [-0.39, 0.29) is 27.6 Å². The lowest BCUT2D eigenvalue weighted by Gasteiger charge is -2.43. The fourth-order valence-corrected chi connectivity index (χ4v) is 5.36. The van der Waals surface area contributed by atoms with Gasteiger partial charge in [0.15, 0.2) is 5.78 Å². The highest BCUT2D eigenvalue weighted by Gasteiger charge is 2.45. The summed E-state index contributed by atoms with van der Waals surface area (Å²) in [5.74, 6) is 0.109.